The molecule has 0 unspecified atom stereocenters. The van der Waals surface area contributed by atoms with Crippen molar-refractivity contribution in [3.63, 3.8) is 0 Å². The monoisotopic (exact) mass is 188 g/mol. The van der Waals surface area contributed by atoms with E-state index in [0.717, 1.165) is 22.6 Å². The maximum atomic E-state index is 5.39. The summed E-state index contributed by atoms with van der Waals surface area (Å²) in [5, 5.41) is 0. The Kier molecular flexibility index (Phi) is 2.27. The van der Waals surface area contributed by atoms with Crippen molar-refractivity contribution in [1.29, 1.82) is 0 Å². The van der Waals surface area contributed by atoms with Gasteiger partial charge in [-0.1, -0.05) is 12.1 Å². The molecule has 1 heterocycles. The van der Waals surface area contributed by atoms with Crippen LogP contribution in [-0.2, 0) is 0 Å². The molecule has 0 fully saturated rings. The van der Waals surface area contributed by atoms with Gasteiger partial charge in [0.15, 0.2) is 0 Å². The molecule has 0 aliphatic heterocycles. The van der Waals surface area contributed by atoms with Gasteiger partial charge in [-0.15, -0.1) is 0 Å². The predicted molar refractivity (Wildman–Crippen MR) is 55.4 cm³/mol. The van der Waals surface area contributed by atoms with Crippen molar-refractivity contribution in [1.82, 2.24) is 0 Å². The summed E-state index contributed by atoms with van der Waals surface area (Å²) in [6.07, 6.45) is 1.70. The third kappa shape index (κ3) is 1.51. The highest BCUT2D eigenvalue weighted by Crippen LogP contribution is 2.26. The highest BCUT2D eigenvalue weighted by Gasteiger charge is 2.05. The second-order valence-electron chi connectivity index (χ2n) is 3.16. The standard InChI is InChI=1S/C12H12O2/c1-9-6-7-14-12(9)10-4-3-5-11(8-10)13-2/h3-8H,1-2H3. The van der Waals surface area contributed by atoms with Gasteiger partial charge in [-0.05, 0) is 30.7 Å². The van der Waals surface area contributed by atoms with Crippen molar-refractivity contribution in [2.75, 3.05) is 7.11 Å². The Bertz CT molecular complexity index is 429. The lowest BCUT2D eigenvalue weighted by atomic mass is 10.1. The molecule has 0 saturated carbocycles. The van der Waals surface area contributed by atoms with Crippen LogP contribution in [0.15, 0.2) is 41.0 Å². The van der Waals surface area contributed by atoms with E-state index < -0.39 is 0 Å². The van der Waals surface area contributed by atoms with Crippen LogP contribution in [0.3, 0.4) is 0 Å². The number of benzene rings is 1. The topological polar surface area (TPSA) is 22.4 Å². The molecule has 2 heteroatoms. The Balaban J connectivity index is 2.47. The maximum Gasteiger partial charge on any atom is 0.136 e. The molecule has 0 N–H and O–H groups in total. The normalized spacial score (nSPS) is 10.1. The molecule has 0 aliphatic carbocycles. The molecule has 0 bridgehead atoms. The van der Waals surface area contributed by atoms with E-state index in [2.05, 4.69) is 0 Å². The van der Waals surface area contributed by atoms with Gasteiger partial charge in [0.25, 0.3) is 0 Å². The van der Waals surface area contributed by atoms with E-state index in [0.29, 0.717) is 0 Å². The number of furan rings is 1. The largest absolute Gasteiger partial charge is 0.497 e. The molecule has 2 aromatic rings. The van der Waals surface area contributed by atoms with Gasteiger partial charge in [0.2, 0.25) is 0 Å². The van der Waals surface area contributed by atoms with Gasteiger partial charge in [0.05, 0.1) is 13.4 Å². The van der Waals surface area contributed by atoms with Crippen molar-refractivity contribution in [2.45, 2.75) is 6.92 Å². The molecular formula is C12H12O2. The van der Waals surface area contributed by atoms with Crippen LogP contribution in [0.4, 0.5) is 0 Å². The smallest absolute Gasteiger partial charge is 0.136 e. The first-order chi connectivity index (χ1) is 6.81. The van der Waals surface area contributed by atoms with Crippen LogP contribution in [-0.4, -0.2) is 7.11 Å². The minimum absolute atomic E-state index is 0.846. The van der Waals surface area contributed by atoms with Crippen molar-refractivity contribution >= 4 is 0 Å². The fraction of sp³-hybridized carbons (Fsp3) is 0.167. The zero-order valence-corrected chi connectivity index (χ0v) is 8.28. The van der Waals surface area contributed by atoms with E-state index in [1.165, 1.54) is 0 Å². The molecule has 0 saturated heterocycles. The number of aryl methyl sites for hydroxylation is 1. The third-order valence-electron chi connectivity index (χ3n) is 2.19. The second-order valence-corrected chi connectivity index (χ2v) is 3.16. The summed E-state index contributed by atoms with van der Waals surface area (Å²) in [7, 11) is 1.66. The minimum atomic E-state index is 0.846. The summed E-state index contributed by atoms with van der Waals surface area (Å²) in [4.78, 5) is 0. The van der Waals surface area contributed by atoms with Gasteiger partial charge in [0.1, 0.15) is 11.5 Å². The van der Waals surface area contributed by atoms with E-state index >= 15 is 0 Å². The highest BCUT2D eigenvalue weighted by atomic mass is 16.5. The van der Waals surface area contributed by atoms with Crippen LogP contribution in [0, 0.1) is 6.92 Å². The Morgan fingerprint density at radius 3 is 2.71 bits per heavy atom. The highest BCUT2D eigenvalue weighted by molar-refractivity contribution is 5.62. The third-order valence-corrected chi connectivity index (χ3v) is 2.19. The van der Waals surface area contributed by atoms with Crippen molar-refractivity contribution in [3.05, 3.63) is 42.2 Å². The molecular weight excluding hydrogens is 176 g/mol. The average Bonchev–Trinajstić information content (AvgIpc) is 2.65. The molecule has 0 aliphatic rings. The Hall–Kier alpha value is -1.70. The minimum Gasteiger partial charge on any atom is -0.497 e. The van der Waals surface area contributed by atoms with Gasteiger partial charge in [-0.2, -0.15) is 0 Å². The van der Waals surface area contributed by atoms with Gasteiger partial charge >= 0.3 is 0 Å². The Morgan fingerprint density at radius 2 is 2.07 bits per heavy atom. The molecule has 1 aromatic carbocycles. The number of ether oxygens (including phenoxy) is 1. The molecule has 0 spiro atoms. The van der Waals surface area contributed by atoms with Crippen LogP contribution >= 0.6 is 0 Å². The number of rotatable bonds is 2. The Labute approximate surface area is 83.1 Å². The summed E-state index contributed by atoms with van der Waals surface area (Å²) >= 11 is 0. The SMILES string of the molecule is COc1cccc(-c2occc2C)c1. The fourth-order valence-corrected chi connectivity index (χ4v) is 1.43. The number of hydrogen-bond acceptors (Lipinski definition) is 2. The molecule has 1 aromatic heterocycles. The average molecular weight is 188 g/mol. The van der Waals surface area contributed by atoms with E-state index in [1.807, 2.05) is 37.3 Å². The molecule has 2 nitrogen and oxygen atoms in total. The summed E-state index contributed by atoms with van der Waals surface area (Å²) in [5.41, 5.74) is 2.19. The first-order valence-corrected chi connectivity index (χ1v) is 4.50. The van der Waals surface area contributed by atoms with E-state index in [9.17, 15) is 0 Å². The molecule has 0 radical (unpaired) electrons. The van der Waals surface area contributed by atoms with Crippen molar-refractivity contribution in [3.8, 4) is 17.1 Å². The number of methoxy groups -OCH3 is 1. The van der Waals surface area contributed by atoms with Gasteiger partial charge in [0, 0.05) is 5.56 Å². The van der Waals surface area contributed by atoms with E-state index in [4.69, 9.17) is 9.15 Å². The molecule has 2 rings (SSSR count). The maximum absolute atomic E-state index is 5.39. The first-order valence-electron chi connectivity index (χ1n) is 4.50. The fourth-order valence-electron chi connectivity index (χ4n) is 1.43. The first kappa shape index (κ1) is 8.88. The molecule has 14 heavy (non-hydrogen) atoms. The summed E-state index contributed by atoms with van der Waals surface area (Å²) < 4.78 is 10.5. The van der Waals surface area contributed by atoms with Crippen molar-refractivity contribution < 1.29 is 9.15 Å². The lowest BCUT2D eigenvalue weighted by molar-refractivity contribution is 0.415. The lowest BCUT2D eigenvalue weighted by Gasteiger charge is -2.02. The Morgan fingerprint density at radius 1 is 1.21 bits per heavy atom. The summed E-state index contributed by atoms with van der Waals surface area (Å²) in [6, 6.07) is 9.80. The molecule has 0 atom stereocenters. The van der Waals surface area contributed by atoms with Crippen LogP contribution in [0.25, 0.3) is 11.3 Å². The van der Waals surface area contributed by atoms with E-state index in [1.54, 1.807) is 13.4 Å². The quantitative estimate of drug-likeness (QED) is 0.721. The summed E-state index contributed by atoms with van der Waals surface area (Å²) in [6.45, 7) is 2.03. The lowest BCUT2D eigenvalue weighted by Crippen LogP contribution is -1.83. The molecule has 0 amide bonds. The zero-order chi connectivity index (χ0) is 9.97. The van der Waals surface area contributed by atoms with Crippen LogP contribution in [0.1, 0.15) is 5.56 Å². The predicted octanol–water partition coefficient (Wildman–Crippen LogP) is 3.26. The zero-order valence-electron chi connectivity index (χ0n) is 8.28. The van der Waals surface area contributed by atoms with E-state index in [-0.39, 0.29) is 0 Å². The van der Waals surface area contributed by atoms with Gasteiger partial charge < -0.3 is 9.15 Å². The van der Waals surface area contributed by atoms with Gasteiger partial charge in [-0.25, -0.2) is 0 Å². The van der Waals surface area contributed by atoms with Crippen molar-refractivity contribution in [2.24, 2.45) is 0 Å². The van der Waals surface area contributed by atoms with Crippen LogP contribution in [0.5, 0.6) is 5.75 Å². The van der Waals surface area contributed by atoms with Crippen LogP contribution < -0.4 is 4.74 Å². The van der Waals surface area contributed by atoms with Gasteiger partial charge in [-0.3, -0.25) is 0 Å². The van der Waals surface area contributed by atoms with Crippen LogP contribution in [0.2, 0.25) is 0 Å². The second kappa shape index (κ2) is 3.58. The number of hydrogen-bond donors (Lipinski definition) is 0. The molecule has 72 valence electrons. The summed E-state index contributed by atoms with van der Waals surface area (Å²) in [5.74, 6) is 1.75.